The fraction of sp³-hybridized carbons (Fsp3) is 0.625. The van der Waals surface area contributed by atoms with Crippen molar-refractivity contribution in [2.45, 2.75) is 32.7 Å². The Hall–Kier alpha value is -0.770. The van der Waals surface area contributed by atoms with Gasteiger partial charge in [-0.15, -0.1) is 0 Å². The molecule has 0 fully saturated rings. The van der Waals surface area contributed by atoms with Crippen LogP contribution in [0.3, 0.4) is 0 Å². The molecule has 0 radical (unpaired) electrons. The summed E-state index contributed by atoms with van der Waals surface area (Å²) >= 11 is 6.10. The number of nitrogens with one attached hydrogen (secondary N) is 1. The van der Waals surface area contributed by atoms with Crippen molar-refractivity contribution in [3.63, 3.8) is 0 Å². The average molecular weight is 300 g/mol. The van der Waals surface area contributed by atoms with Crippen LogP contribution in [-0.2, 0) is 4.74 Å². The molecule has 0 bridgehead atoms. The number of benzene rings is 1. The number of hydrogen-bond donors (Lipinski definition) is 1. The van der Waals surface area contributed by atoms with Gasteiger partial charge in [-0.1, -0.05) is 31.5 Å². The fourth-order valence-corrected chi connectivity index (χ4v) is 2.50. The minimum Gasteiger partial charge on any atom is -0.495 e. The maximum absolute atomic E-state index is 6.10. The van der Waals surface area contributed by atoms with Crippen LogP contribution in [0.25, 0.3) is 0 Å². The summed E-state index contributed by atoms with van der Waals surface area (Å²) in [7, 11) is 3.39. The highest BCUT2D eigenvalue weighted by Crippen LogP contribution is 2.30. The summed E-state index contributed by atoms with van der Waals surface area (Å²) in [6.07, 6.45) is 2.14. The average Bonchev–Trinajstić information content (AvgIpc) is 2.44. The lowest BCUT2D eigenvalue weighted by Crippen LogP contribution is -2.25. The van der Waals surface area contributed by atoms with Crippen LogP contribution in [0, 0.1) is 5.92 Å². The minimum absolute atomic E-state index is 0.297. The van der Waals surface area contributed by atoms with Crippen molar-refractivity contribution in [2.75, 3.05) is 27.4 Å². The van der Waals surface area contributed by atoms with Crippen LogP contribution in [0.5, 0.6) is 5.75 Å². The van der Waals surface area contributed by atoms with E-state index in [1.165, 1.54) is 5.56 Å². The summed E-state index contributed by atoms with van der Waals surface area (Å²) in [5, 5.41) is 4.24. The molecular formula is C16H26ClNO2. The van der Waals surface area contributed by atoms with E-state index in [4.69, 9.17) is 21.1 Å². The van der Waals surface area contributed by atoms with Gasteiger partial charge in [0.25, 0.3) is 0 Å². The smallest absolute Gasteiger partial charge is 0.137 e. The Morgan fingerprint density at radius 2 is 2.05 bits per heavy atom. The number of hydrogen-bond acceptors (Lipinski definition) is 3. The zero-order chi connectivity index (χ0) is 15.0. The second kappa shape index (κ2) is 9.22. The van der Waals surface area contributed by atoms with Crippen molar-refractivity contribution >= 4 is 11.6 Å². The molecule has 20 heavy (non-hydrogen) atoms. The maximum atomic E-state index is 6.10. The molecule has 0 saturated heterocycles. The number of rotatable bonds is 9. The third-order valence-corrected chi connectivity index (χ3v) is 3.62. The van der Waals surface area contributed by atoms with Crippen LogP contribution in [-0.4, -0.2) is 27.4 Å². The summed E-state index contributed by atoms with van der Waals surface area (Å²) < 4.78 is 10.5. The van der Waals surface area contributed by atoms with Crippen molar-refractivity contribution in [2.24, 2.45) is 5.92 Å². The van der Waals surface area contributed by atoms with Gasteiger partial charge in [0.05, 0.1) is 12.1 Å². The van der Waals surface area contributed by atoms with E-state index in [2.05, 4.69) is 25.2 Å². The lowest BCUT2D eigenvalue weighted by molar-refractivity contribution is 0.149. The summed E-state index contributed by atoms with van der Waals surface area (Å²) in [4.78, 5) is 0. The minimum atomic E-state index is 0.297. The predicted molar refractivity (Wildman–Crippen MR) is 84.7 cm³/mol. The van der Waals surface area contributed by atoms with Crippen LogP contribution >= 0.6 is 11.6 Å². The SMILES string of the molecule is CCCNC(CC(C)COC)c1ccc(Cl)c(OC)c1. The molecule has 0 spiro atoms. The van der Waals surface area contributed by atoms with E-state index in [0.29, 0.717) is 17.0 Å². The molecule has 1 aromatic carbocycles. The zero-order valence-corrected chi connectivity index (χ0v) is 13.7. The molecule has 1 aromatic rings. The van der Waals surface area contributed by atoms with Gasteiger partial charge >= 0.3 is 0 Å². The highest BCUT2D eigenvalue weighted by Gasteiger charge is 2.16. The Kier molecular flexibility index (Phi) is 7.97. The number of ether oxygens (including phenoxy) is 2. The topological polar surface area (TPSA) is 30.5 Å². The van der Waals surface area contributed by atoms with Crippen molar-refractivity contribution in [1.82, 2.24) is 5.32 Å². The first-order valence-electron chi connectivity index (χ1n) is 7.18. The summed E-state index contributed by atoms with van der Waals surface area (Å²) in [6.45, 7) is 6.15. The quantitative estimate of drug-likeness (QED) is 0.746. The van der Waals surface area contributed by atoms with E-state index in [9.17, 15) is 0 Å². The lowest BCUT2D eigenvalue weighted by atomic mass is 9.96. The van der Waals surface area contributed by atoms with Gasteiger partial charge in [0, 0.05) is 19.8 Å². The lowest BCUT2D eigenvalue weighted by Gasteiger charge is -2.23. The van der Waals surface area contributed by atoms with Gasteiger partial charge in [-0.2, -0.15) is 0 Å². The van der Waals surface area contributed by atoms with E-state index in [0.717, 1.165) is 31.7 Å². The van der Waals surface area contributed by atoms with Crippen molar-refractivity contribution < 1.29 is 9.47 Å². The standard InChI is InChI=1S/C16H26ClNO2/c1-5-8-18-15(9-12(2)11-19-3)13-6-7-14(17)16(10-13)20-4/h6-7,10,12,15,18H,5,8-9,11H2,1-4H3. The molecule has 0 aliphatic heterocycles. The van der Waals surface area contributed by atoms with Gasteiger partial charge in [-0.05, 0) is 43.0 Å². The molecule has 0 saturated carbocycles. The first-order valence-corrected chi connectivity index (χ1v) is 7.55. The Labute approximate surface area is 127 Å². The van der Waals surface area contributed by atoms with Crippen LogP contribution < -0.4 is 10.1 Å². The van der Waals surface area contributed by atoms with Crippen LogP contribution in [0.4, 0.5) is 0 Å². The molecule has 114 valence electrons. The summed E-state index contributed by atoms with van der Waals surface area (Å²) in [5.74, 6) is 1.22. The van der Waals surface area contributed by atoms with E-state index in [1.807, 2.05) is 12.1 Å². The molecule has 0 heterocycles. The first kappa shape index (κ1) is 17.3. The third-order valence-electron chi connectivity index (χ3n) is 3.31. The summed E-state index contributed by atoms with van der Waals surface area (Å²) in [5.41, 5.74) is 1.21. The van der Waals surface area contributed by atoms with E-state index >= 15 is 0 Å². The highest BCUT2D eigenvalue weighted by molar-refractivity contribution is 6.32. The van der Waals surface area contributed by atoms with Gasteiger partial charge in [0.2, 0.25) is 0 Å². The second-order valence-electron chi connectivity index (χ2n) is 5.20. The number of halogens is 1. The molecule has 2 atom stereocenters. The zero-order valence-electron chi connectivity index (χ0n) is 12.9. The Bertz CT molecular complexity index is 398. The van der Waals surface area contributed by atoms with Crippen molar-refractivity contribution in [1.29, 1.82) is 0 Å². The molecular weight excluding hydrogens is 274 g/mol. The monoisotopic (exact) mass is 299 g/mol. The molecule has 1 N–H and O–H groups in total. The van der Waals surface area contributed by atoms with Crippen molar-refractivity contribution in [3.8, 4) is 5.75 Å². The first-order chi connectivity index (χ1) is 9.62. The molecule has 0 amide bonds. The largest absolute Gasteiger partial charge is 0.495 e. The molecule has 0 aromatic heterocycles. The van der Waals surface area contributed by atoms with Gasteiger partial charge in [0.15, 0.2) is 0 Å². The van der Waals surface area contributed by atoms with E-state index in [-0.39, 0.29) is 0 Å². The van der Waals surface area contributed by atoms with Crippen LogP contribution in [0.2, 0.25) is 5.02 Å². The van der Waals surface area contributed by atoms with Gasteiger partial charge < -0.3 is 14.8 Å². The maximum Gasteiger partial charge on any atom is 0.137 e. The molecule has 2 unspecified atom stereocenters. The van der Waals surface area contributed by atoms with Gasteiger partial charge in [0.1, 0.15) is 5.75 Å². The predicted octanol–water partition coefficient (Wildman–Crippen LogP) is 4.06. The highest BCUT2D eigenvalue weighted by atomic mass is 35.5. The van der Waals surface area contributed by atoms with E-state index < -0.39 is 0 Å². The van der Waals surface area contributed by atoms with Crippen LogP contribution in [0.15, 0.2) is 18.2 Å². The molecule has 0 aliphatic rings. The fourth-order valence-electron chi connectivity index (χ4n) is 2.30. The molecule has 4 heteroatoms. The second-order valence-corrected chi connectivity index (χ2v) is 5.60. The van der Waals surface area contributed by atoms with Gasteiger partial charge in [-0.3, -0.25) is 0 Å². The van der Waals surface area contributed by atoms with Crippen LogP contribution in [0.1, 0.15) is 38.3 Å². The molecule has 0 aliphatic carbocycles. The Morgan fingerprint density at radius 3 is 2.65 bits per heavy atom. The van der Waals surface area contributed by atoms with Crippen molar-refractivity contribution in [3.05, 3.63) is 28.8 Å². The van der Waals surface area contributed by atoms with Gasteiger partial charge in [-0.25, -0.2) is 0 Å². The number of methoxy groups -OCH3 is 2. The van der Waals surface area contributed by atoms with E-state index in [1.54, 1.807) is 14.2 Å². The Balaban J connectivity index is 2.85. The Morgan fingerprint density at radius 1 is 1.30 bits per heavy atom. The third kappa shape index (κ3) is 5.31. The normalized spacial score (nSPS) is 14.1. The summed E-state index contributed by atoms with van der Waals surface area (Å²) in [6, 6.07) is 6.29. The molecule has 3 nitrogen and oxygen atoms in total. The molecule has 1 rings (SSSR count).